The molecular weight excluding hydrogens is 334 g/mol. The molecule has 26 heavy (non-hydrogen) atoms. The fourth-order valence-corrected chi connectivity index (χ4v) is 4.49. The van der Waals surface area contributed by atoms with Crippen LogP contribution >= 0.6 is 0 Å². The lowest BCUT2D eigenvalue weighted by atomic mass is 9.43. The summed E-state index contributed by atoms with van der Waals surface area (Å²) >= 11 is 0. The fourth-order valence-electron chi connectivity index (χ4n) is 4.49. The van der Waals surface area contributed by atoms with Crippen LogP contribution in [0.5, 0.6) is 5.75 Å². The summed E-state index contributed by atoms with van der Waals surface area (Å²) in [5, 5.41) is 2.99. The van der Waals surface area contributed by atoms with Crippen molar-refractivity contribution in [1.29, 1.82) is 0 Å². The van der Waals surface area contributed by atoms with Gasteiger partial charge in [0.1, 0.15) is 11.4 Å². The minimum Gasteiger partial charge on any atom is -0.480 e. The highest BCUT2D eigenvalue weighted by Crippen LogP contribution is 2.64. The summed E-state index contributed by atoms with van der Waals surface area (Å²) in [6, 6.07) is 3.52. The Balaban J connectivity index is 1.31. The molecule has 5 rings (SSSR count). The highest BCUT2D eigenvalue weighted by atomic mass is 16.6. The van der Waals surface area contributed by atoms with E-state index in [0.717, 1.165) is 19.3 Å². The van der Waals surface area contributed by atoms with Crippen LogP contribution in [0.3, 0.4) is 0 Å². The Kier molecular flexibility index (Phi) is 3.68. The SMILES string of the molecule is CC(C)(C)OC(=O)NC12CC(N3CCC(Oc4ccncc4)C3=O)(C1)C2. The zero-order chi connectivity index (χ0) is 18.6. The Bertz CT molecular complexity index is 708. The van der Waals surface area contributed by atoms with Gasteiger partial charge in [-0.15, -0.1) is 0 Å². The van der Waals surface area contributed by atoms with E-state index >= 15 is 0 Å². The van der Waals surface area contributed by atoms with Crippen molar-refractivity contribution in [2.45, 2.75) is 69.2 Å². The zero-order valence-corrected chi connectivity index (χ0v) is 15.4. The van der Waals surface area contributed by atoms with Gasteiger partial charge in [-0.25, -0.2) is 4.79 Å². The summed E-state index contributed by atoms with van der Waals surface area (Å²) in [5.41, 5.74) is -0.817. The zero-order valence-electron chi connectivity index (χ0n) is 15.4. The van der Waals surface area contributed by atoms with E-state index in [4.69, 9.17) is 9.47 Å². The molecule has 7 heteroatoms. The summed E-state index contributed by atoms with van der Waals surface area (Å²) in [5.74, 6) is 0.716. The van der Waals surface area contributed by atoms with Gasteiger partial charge in [-0.05, 0) is 52.2 Å². The highest BCUT2D eigenvalue weighted by molar-refractivity contribution is 5.85. The first-order valence-electron chi connectivity index (χ1n) is 9.10. The van der Waals surface area contributed by atoms with Crippen molar-refractivity contribution < 1.29 is 19.1 Å². The number of hydrogen-bond donors (Lipinski definition) is 1. The molecule has 7 nitrogen and oxygen atoms in total. The Labute approximate surface area is 153 Å². The number of rotatable bonds is 4. The normalized spacial score (nSPS) is 32.5. The van der Waals surface area contributed by atoms with E-state index in [9.17, 15) is 9.59 Å². The smallest absolute Gasteiger partial charge is 0.408 e. The van der Waals surface area contributed by atoms with Crippen LogP contribution in [0.25, 0.3) is 0 Å². The first-order chi connectivity index (χ1) is 12.2. The molecule has 3 aliphatic carbocycles. The van der Waals surface area contributed by atoms with Gasteiger partial charge in [0, 0.05) is 30.9 Å². The number of amides is 2. The fraction of sp³-hybridized carbons (Fsp3) is 0.632. The van der Waals surface area contributed by atoms with Crippen molar-refractivity contribution in [1.82, 2.24) is 15.2 Å². The Morgan fingerprint density at radius 3 is 2.54 bits per heavy atom. The average Bonchev–Trinajstić information content (AvgIpc) is 2.82. The van der Waals surface area contributed by atoms with E-state index in [1.54, 1.807) is 24.5 Å². The number of pyridine rings is 1. The molecule has 3 saturated carbocycles. The third-order valence-corrected chi connectivity index (χ3v) is 5.43. The molecule has 2 amide bonds. The number of nitrogens with one attached hydrogen (secondary N) is 1. The summed E-state index contributed by atoms with van der Waals surface area (Å²) in [4.78, 5) is 30.7. The Hall–Kier alpha value is -2.31. The van der Waals surface area contributed by atoms with Gasteiger partial charge in [0.15, 0.2) is 6.10 Å². The van der Waals surface area contributed by atoms with E-state index < -0.39 is 11.7 Å². The number of alkyl carbamates (subject to hydrolysis) is 1. The topological polar surface area (TPSA) is 80.8 Å². The molecule has 0 spiro atoms. The third-order valence-electron chi connectivity index (χ3n) is 5.43. The van der Waals surface area contributed by atoms with Gasteiger partial charge in [-0.3, -0.25) is 9.78 Å². The van der Waals surface area contributed by atoms with E-state index in [1.165, 1.54) is 0 Å². The second kappa shape index (κ2) is 5.59. The summed E-state index contributed by atoms with van der Waals surface area (Å²) in [7, 11) is 0. The molecule has 4 aliphatic rings. The van der Waals surface area contributed by atoms with Crippen molar-refractivity contribution >= 4 is 12.0 Å². The molecule has 2 heterocycles. The summed E-state index contributed by atoms with van der Waals surface area (Å²) in [6.07, 6.45) is 5.58. The molecule has 1 N–H and O–H groups in total. The highest BCUT2D eigenvalue weighted by Gasteiger charge is 2.73. The maximum atomic E-state index is 12.8. The van der Waals surface area contributed by atoms with E-state index in [2.05, 4.69) is 10.3 Å². The van der Waals surface area contributed by atoms with Crippen LogP contribution in [0.4, 0.5) is 4.79 Å². The van der Waals surface area contributed by atoms with Crippen LogP contribution in [0.15, 0.2) is 24.5 Å². The van der Waals surface area contributed by atoms with Gasteiger partial charge in [0.05, 0.1) is 5.54 Å². The second-order valence-electron chi connectivity index (χ2n) is 8.73. The van der Waals surface area contributed by atoms with Gasteiger partial charge in [-0.2, -0.15) is 0 Å². The standard InChI is InChI=1S/C19H25N3O4/c1-17(2,3)26-16(24)21-18-10-19(11-18,12-18)22-9-6-14(15(22)23)25-13-4-7-20-8-5-13/h4-5,7-8,14H,6,9-12H2,1-3H3,(H,21,24). The molecule has 1 aliphatic heterocycles. The molecule has 1 saturated heterocycles. The van der Waals surface area contributed by atoms with Crippen LogP contribution in [0, 0.1) is 0 Å². The molecule has 2 bridgehead atoms. The third kappa shape index (κ3) is 2.89. The molecule has 1 unspecified atom stereocenters. The first-order valence-corrected chi connectivity index (χ1v) is 9.10. The molecule has 1 aromatic heterocycles. The lowest BCUT2D eigenvalue weighted by Crippen LogP contribution is -2.84. The molecule has 1 aromatic rings. The number of nitrogens with zero attached hydrogens (tertiary/aromatic N) is 2. The van der Waals surface area contributed by atoms with Crippen molar-refractivity contribution in [2.24, 2.45) is 0 Å². The molecule has 4 fully saturated rings. The van der Waals surface area contributed by atoms with Crippen LogP contribution in [-0.2, 0) is 9.53 Å². The lowest BCUT2D eigenvalue weighted by Gasteiger charge is -2.72. The predicted molar refractivity (Wildman–Crippen MR) is 93.7 cm³/mol. The maximum absolute atomic E-state index is 12.8. The van der Waals surface area contributed by atoms with Crippen molar-refractivity contribution in [3.8, 4) is 5.75 Å². The van der Waals surface area contributed by atoms with E-state index in [1.807, 2.05) is 25.7 Å². The number of carbonyl (C=O) groups is 2. The van der Waals surface area contributed by atoms with E-state index in [-0.39, 0.29) is 23.1 Å². The molecule has 0 aromatic carbocycles. The first kappa shape index (κ1) is 17.1. The van der Waals surface area contributed by atoms with Crippen molar-refractivity contribution in [3.05, 3.63) is 24.5 Å². The van der Waals surface area contributed by atoms with Crippen molar-refractivity contribution in [2.75, 3.05) is 6.54 Å². The maximum Gasteiger partial charge on any atom is 0.408 e. The Morgan fingerprint density at radius 2 is 1.92 bits per heavy atom. The van der Waals surface area contributed by atoms with Gasteiger partial charge < -0.3 is 19.7 Å². The average molecular weight is 359 g/mol. The summed E-state index contributed by atoms with van der Waals surface area (Å²) in [6.45, 7) is 6.25. The number of hydrogen-bond acceptors (Lipinski definition) is 5. The Morgan fingerprint density at radius 1 is 1.27 bits per heavy atom. The van der Waals surface area contributed by atoms with Crippen LogP contribution in [0.2, 0.25) is 0 Å². The number of ether oxygens (including phenoxy) is 2. The van der Waals surface area contributed by atoms with Gasteiger partial charge >= 0.3 is 6.09 Å². The number of carbonyl (C=O) groups excluding carboxylic acids is 2. The monoisotopic (exact) mass is 359 g/mol. The molecular formula is C19H25N3O4. The summed E-state index contributed by atoms with van der Waals surface area (Å²) < 4.78 is 11.2. The predicted octanol–water partition coefficient (Wildman–Crippen LogP) is 2.26. The van der Waals surface area contributed by atoms with E-state index in [0.29, 0.717) is 18.7 Å². The lowest BCUT2D eigenvalue weighted by molar-refractivity contribution is -0.184. The largest absolute Gasteiger partial charge is 0.480 e. The number of aromatic nitrogens is 1. The number of likely N-dealkylation sites (tertiary alicyclic amines) is 1. The molecule has 140 valence electrons. The van der Waals surface area contributed by atoms with Gasteiger partial charge in [0.2, 0.25) is 0 Å². The second-order valence-corrected chi connectivity index (χ2v) is 8.73. The minimum atomic E-state index is -0.506. The van der Waals surface area contributed by atoms with Crippen molar-refractivity contribution in [3.63, 3.8) is 0 Å². The molecule has 1 atom stereocenters. The minimum absolute atomic E-state index is 0.0485. The van der Waals surface area contributed by atoms with Gasteiger partial charge in [0.25, 0.3) is 5.91 Å². The quantitative estimate of drug-likeness (QED) is 0.892. The molecule has 0 radical (unpaired) electrons. The van der Waals surface area contributed by atoms with Crippen LogP contribution in [-0.4, -0.2) is 51.2 Å². The van der Waals surface area contributed by atoms with Crippen LogP contribution in [0.1, 0.15) is 46.5 Å². The van der Waals surface area contributed by atoms with Crippen LogP contribution < -0.4 is 10.1 Å². The van der Waals surface area contributed by atoms with Gasteiger partial charge in [-0.1, -0.05) is 0 Å².